The Morgan fingerprint density at radius 2 is 1.83 bits per heavy atom. The zero-order valence-corrected chi connectivity index (χ0v) is 13.8. The molecule has 2 aromatic carbocycles. The summed E-state index contributed by atoms with van der Waals surface area (Å²) in [6.45, 7) is 3.21. The number of nitrogens with zero attached hydrogens (tertiary/aromatic N) is 3. The SMILES string of the molecule is COc1cc(CNn2cnnc2)ccc1OCc1cccc(C)c1. The van der Waals surface area contributed by atoms with Gasteiger partial charge >= 0.3 is 0 Å². The van der Waals surface area contributed by atoms with Gasteiger partial charge in [-0.2, -0.15) is 0 Å². The summed E-state index contributed by atoms with van der Waals surface area (Å²) in [6.07, 6.45) is 3.22. The molecule has 24 heavy (non-hydrogen) atoms. The van der Waals surface area contributed by atoms with E-state index in [4.69, 9.17) is 9.47 Å². The lowest BCUT2D eigenvalue weighted by molar-refractivity contribution is 0.284. The lowest BCUT2D eigenvalue weighted by Crippen LogP contribution is -2.12. The maximum atomic E-state index is 5.90. The van der Waals surface area contributed by atoms with Crippen molar-refractivity contribution in [1.29, 1.82) is 0 Å². The molecule has 0 aliphatic heterocycles. The Morgan fingerprint density at radius 1 is 1.00 bits per heavy atom. The molecule has 0 radical (unpaired) electrons. The molecule has 0 saturated heterocycles. The molecule has 124 valence electrons. The van der Waals surface area contributed by atoms with Crippen molar-refractivity contribution in [2.75, 3.05) is 12.5 Å². The van der Waals surface area contributed by atoms with E-state index in [-0.39, 0.29) is 0 Å². The molecule has 0 fully saturated rings. The van der Waals surface area contributed by atoms with Crippen molar-refractivity contribution >= 4 is 0 Å². The Kier molecular flexibility index (Phi) is 4.96. The first kappa shape index (κ1) is 15.9. The van der Waals surface area contributed by atoms with Gasteiger partial charge in [-0.3, -0.25) is 0 Å². The zero-order chi connectivity index (χ0) is 16.8. The summed E-state index contributed by atoms with van der Waals surface area (Å²) in [6, 6.07) is 14.2. The summed E-state index contributed by atoms with van der Waals surface area (Å²) in [4.78, 5) is 0. The van der Waals surface area contributed by atoms with Crippen LogP contribution in [-0.2, 0) is 13.2 Å². The fourth-order valence-electron chi connectivity index (χ4n) is 2.37. The maximum absolute atomic E-state index is 5.90. The molecular formula is C18H20N4O2. The van der Waals surface area contributed by atoms with E-state index >= 15 is 0 Å². The van der Waals surface area contributed by atoms with Crippen LogP contribution >= 0.6 is 0 Å². The molecule has 0 amide bonds. The Balaban J connectivity index is 1.65. The largest absolute Gasteiger partial charge is 0.493 e. The number of methoxy groups -OCH3 is 1. The fourth-order valence-corrected chi connectivity index (χ4v) is 2.37. The van der Waals surface area contributed by atoms with Crippen molar-refractivity contribution < 1.29 is 9.47 Å². The third kappa shape index (κ3) is 4.04. The highest BCUT2D eigenvalue weighted by Crippen LogP contribution is 2.29. The Labute approximate surface area is 141 Å². The normalized spacial score (nSPS) is 10.4. The summed E-state index contributed by atoms with van der Waals surface area (Å²) < 4.78 is 13.1. The first-order valence-electron chi connectivity index (χ1n) is 7.68. The molecule has 6 nitrogen and oxygen atoms in total. The zero-order valence-electron chi connectivity index (χ0n) is 13.8. The quantitative estimate of drug-likeness (QED) is 0.724. The van der Waals surface area contributed by atoms with Crippen molar-refractivity contribution in [3.63, 3.8) is 0 Å². The van der Waals surface area contributed by atoms with E-state index in [1.165, 1.54) is 5.56 Å². The average Bonchev–Trinajstić information content (AvgIpc) is 3.12. The lowest BCUT2D eigenvalue weighted by Gasteiger charge is -2.13. The predicted octanol–water partition coefficient (Wildman–Crippen LogP) is 2.92. The van der Waals surface area contributed by atoms with Crippen molar-refractivity contribution in [2.24, 2.45) is 0 Å². The average molecular weight is 324 g/mol. The van der Waals surface area contributed by atoms with Gasteiger partial charge in [0.2, 0.25) is 0 Å². The van der Waals surface area contributed by atoms with E-state index in [1.54, 1.807) is 24.4 Å². The fraction of sp³-hybridized carbons (Fsp3) is 0.222. The summed E-state index contributed by atoms with van der Waals surface area (Å²) >= 11 is 0. The molecule has 1 N–H and O–H groups in total. The van der Waals surface area contributed by atoms with Gasteiger partial charge in [-0.15, -0.1) is 10.2 Å². The van der Waals surface area contributed by atoms with E-state index in [2.05, 4.69) is 40.7 Å². The van der Waals surface area contributed by atoms with Crippen LogP contribution in [-0.4, -0.2) is 22.0 Å². The molecule has 1 aromatic heterocycles. The maximum Gasteiger partial charge on any atom is 0.161 e. The smallest absolute Gasteiger partial charge is 0.161 e. The monoisotopic (exact) mass is 324 g/mol. The van der Waals surface area contributed by atoms with Crippen LogP contribution in [0.15, 0.2) is 55.1 Å². The van der Waals surface area contributed by atoms with Gasteiger partial charge in [0.25, 0.3) is 0 Å². The van der Waals surface area contributed by atoms with Crippen LogP contribution in [0.2, 0.25) is 0 Å². The number of hydrogen-bond donors (Lipinski definition) is 1. The molecule has 6 heteroatoms. The molecule has 1 heterocycles. The van der Waals surface area contributed by atoms with Gasteiger partial charge in [-0.25, -0.2) is 4.68 Å². The van der Waals surface area contributed by atoms with Crippen LogP contribution in [0.1, 0.15) is 16.7 Å². The molecule has 3 rings (SSSR count). The molecule has 0 unspecified atom stereocenters. The molecule has 0 aliphatic rings. The van der Waals surface area contributed by atoms with E-state index in [1.807, 2.05) is 24.3 Å². The Hall–Kier alpha value is -3.02. The van der Waals surface area contributed by atoms with Gasteiger partial charge in [-0.1, -0.05) is 35.9 Å². The topological polar surface area (TPSA) is 61.2 Å². The molecular weight excluding hydrogens is 304 g/mol. The summed E-state index contributed by atoms with van der Waals surface area (Å²) in [5, 5.41) is 7.49. The van der Waals surface area contributed by atoms with Crippen LogP contribution in [0.4, 0.5) is 0 Å². The van der Waals surface area contributed by atoms with Crippen LogP contribution in [0, 0.1) is 6.92 Å². The van der Waals surface area contributed by atoms with Crippen LogP contribution in [0.25, 0.3) is 0 Å². The minimum atomic E-state index is 0.510. The highest BCUT2D eigenvalue weighted by molar-refractivity contribution is 5.43. The highest BCUT2D eigenvalue weighted by Gasteiger charge is 2.06. The van der Waals surface area contributed by atoms with Gasteiger partial charge in [0.15, 0.2) is 11.5 Å². The number of aromatic nitrogens is 3. The van der Waals surface area contributed by atoms with Gasteiger partial charge in [-0.05, 0) is 30.2 Å². The second kappa shape index (κ2) is 7.50. The third-order valence-corrected chi connectivity index (χ3v) is 3.59. The minimum absolute atomic E-state index is 0.510. The molecule has 0 spiro atoms. The molecule has 3 aromatic rings. The van der Waals surface area contributed by atoms with Crippen LogP contribution < -0.4 is 14.9 Å². The standard InChI is InChI=1S/C18H20N4O2/c1-14-4-3-5-16(8-14)11-24-17-7-6-15(9-18(17)23-2)10-21-22-12-19-20-13-22/h3-9,12-13,21H,10-11H2,1-2H3. The van der Waals surface area contributed by atoms with Crippen molar-refractivity contribution in [3.05, 3.63) is 71.8 Å². The highest BCUT2D eigenvalue weighted by atomic mass is 16.5. The van der Waals surface area contributed by atoms with E-state index in [0.717, 1.165) is 16.9 Å². The van der Waals surface area contributed by atoms with Gasteiger partial charge < -0.3 is 14.9 Å². The molecule has 0 saturated carbocycles. The minimum Gasteiger partial charge on any atom is -0.493 e. The Morgan fingerprint density at radius 3 is 2.58 bits per heavy atom. The van der Waals surface area contributed by atoms with Crippen molar-refractivity contribution in [2.45, 2.75) is 20.1 Å². The number of rotatable bonds is 7. The number of benzene rings is 2. The summed E-state index contributed by atoms with van der Waals surface area (Å²) in [5.74, 6) is 1.44. The van der Waals surface area contributed by atoms with E-state index < -0.39 is 0 Å². The summed E-state index contributed by atoms with van der Waals surface area (Å²) in [5.41, 5.74) is 6.60. The van der Waals surface area contributed by atoms with Crippen molar-refractivity contribution in [3.8, 4) is 11.5 Å². The van der Waals surface area contributed by atoms with Crippen LogP contribution in [0.3, 0.4) is 0 Å². The van der Waals surface area contributed by atoms with Crippen molar-refractivity contribution in [1.82, 2.24) is 14.9 Å². The second-order valence-electron chi connectivity index (χ2n) is 5.47. The number of hydrogen-bond acceptors (Lipinski definition) is 5. The molecule has 0 aliphatic carbocycles. The summed E-state index contributed by atoms with van der Waals surface area (Å²) in [7, 11) is 1.64. The second-order valence-corrected chi connectivity index (χ2v) is 5.47. The number of aryl methyl sites for hydroxylation is 1. The van der Waals surface area contributed by atoms with Gasteiger partial charge in [0, 0.05) is 0 Å². The lowest BCUT2D eigenvalue weighted by atomic mass is 10.1. The van der Waals surface area contributed by atoms with Crippen LogP contribution in [0.5, 0.6) is 11.5 Å². The molecule has 0 atom stereocenters. The number of nitrogens with one attached hydrogen (secondary N) is 1. The third-order valence-electron chi connectivity index (χ3n) is 3.59. The first-order valence-corrected chi connectivity index (χ1v) is 7.68. The Bertz CT molecular complexity index is 787. The predicted molar refractivity (Wildman–Crippen MR) is 91.6 cm³/mol. The number of ether oxygens (including phenoxy) is 2. The molecule has 0 bridgehead atoms. The van der Waals surface area contributed by atoms with E-state index in [0.29, 0.717) is 18.9 Å². The van der Waals surface area contributed by atoms with Gasteiger partial charge in [0.1, 0.15) is 19.3 Å². The van der Waals surface area contributed by atoms with Gasteiger partial charge in [0.05, 0.1) is 13.7 Å². The van der Waals surface area contributed by atoms with E-state index in [9.17, 15) is 0 Å². The first-order chi connectivity index (χ1) is 11.7.